The Morgan fingerprint density at radius 2 is 1.71 bits per heavy atom. The Bertz CT molecular complexity index is 1210. The van der Waals surface area contributed by atoms with E-state index in [-0.39, 0.29) is 22.8 Å². The van der Waals surface area contributed by atoms with Gasteiger partial charge in [0.05, 0.1) is 25.6 Å². The van der Waals surface area contributed by atoms with Crippen LogP contribution in [0.1, 0.15) is 50.5 Å². The largest absolute Gasteiger partial charge is 0.497 e. The van der Waals surface area contributed by atoms with Gasteiger partial charge in [0.15, 0.2) is 0 Å². The fourth-order valence-corrected chi connectivity index (χ4v) is 6.22. The van der Waals surface area contributed by atoms with Crippen LogP contribution < -0.4 is 9.47 Å². The number of nitrogens with zero attached hydrogens (tertiary/aromatic N) is 3. The average Bonchev–Trinajstić information content (AvgIpc) is 3.37. The lowest BCUT2D eigenvalue weighted by molar-refractivity contribution is 0.0699. The second-order valence-electron chi connectivity index (χ2n) is 10.9. The summed E-state index contributed by atoms with van der Waals surface area (Å²) in [5.41, 5.74) is 3.47. The van der Waals surface area contributed by atoms with Gasteiger partial charge in [-0.1, -0.05) is 32.9 Å². The maximum Gasteiger partial charge on any atom is 0.272 e. The molecule has 3 aromatic rings. The summed E-state index contributed by atoms with van der Waals surface area (Å²) in [6, 6.07) is 17.6. The monoisotopic (exact) mass is 459 g/mol. The zero-order chi connectivity index (χ0) is 24.1. The second kappa shape index (κ2) is 8.19. The molecule has 0 unspecified atom stereocenters. The summed E-state index contributed by atoms with van der Waals surface area (Å²) in [6.45, 7) is 7.78. The Morgan fingerprint density at radius 3 is 2.41 bits per heavy atom. The van der Waals surface area contributed by atoms with Crippen LogP contribution in [0, 0.1) is 10.8 Å². The topological polar surface area (TPSA) is 56.6 Å². The zero-order valence-electron chi connectivity index (χ0n) is 20.7. The van der Waals surface area contributed by atoms with Crippen LogP contribution in [0.25, 0.3) is 16.9 Å². The molecule has 0 N–H and O–H groups in total. The van der Waals surface area contributed by atoms with Gasteiger partial charge in [-0.15, -0.1) is 0 Å². The van der Waals surface area contributed by atoms with Crippen molar-refractivity contribution in [3.8, 4) is 28.4 Å². The van der Waals surface area contributed by atoms with Crippen molar-refractivity contribution >= 4 is 5.91 Å². The molecule has 1 amide bonds. The number of methoxy groups -OCH3 is 2. The number of benzene rings is 2. The zero-order valence-corrected chi connectivity index (χ0v) is 20.7. The molecule has 178 valence electrons. The van der Waals surface area contributed by atoms with Gasteiger partial charge in [0, 0.05) is 18.2 Å². The van der Waals surface area contributed by atoms with Gasteiger partial charge in [0.2, 0.25) is 0 Å². The normalized spacial score (nSPS) is 23.1. The number of carbonyl (C=O) groups is 1. The molecule has 1 saturated heterocycles. The van der Waals surface area contributed by atoms with Crippen molar-refractivity contribution in [2.45, 2.75) is 46.1 Å². The van der Waals surface area contributed by atoms with E-state index in [0.717, 1.165) is 54.3 Å². The van der Waals surface area contributed by atoms with E-state index < -0.39 is 0 Å². The summed E-state index contributed by atoms with van der Waals surface area (Å²) in [5.74, 6) is 1.57. The van der Waals surface area contributed by atoms with Gasteiger partial charge >= 0.3 is 0 Å². The van der Waals surface area contributed by atoms with Gasteiger partial charge in [-0.25, -0.2) is 4.68 Å². The van der Waals surface area contributed by atoms with E-state index in [4.69, 9.17) is 14.6 Å². The average molecular weight is 460 g/mol. The van der Waals surface area contributed by atoms with Gasteiger partial charge in [-0.3, -0.25) is 4.79 Å². The number of amides is 1. The summed E-state index contributed by atoms with van der Waals surface area (Å²) in [6.07, 6.45) is 3.25. The SMILES string of the molecule is COc1ccc(-n2nc(-c3cccc(OC)c3)cc2C(=O)N2C[C@@]3(C)C[C@H]2CC(C)(C)C3)cc1. The molecule has 1 aliphatic carbocycles. The fourth-order valence-electron chi connectivity index (χ4n) is 6.22. The van der Waals surface area contributed by atoms with E-state index in [1.165, 1.54) is 0 Å². The summed E-state index contributed by atoms with van der Waals surface area (Å²) in [7, 11) is 3.30. The first kappa shape index (κ1) is 22.5. The lowest BCUT2D eigenvalue weighted by atomic mass is 9.65. The van der Waals surface area contributed by atoms with E-state index in [2.05, 4.69) is 25.7 Å². The van der Waals surface area contributed by atoms with Crippen LogP contribution in [0.15, 0.2) is 54.6 Å². The molecule has 0 spiro atoms. The molecular weight excluding hydrogens is 426 g/mol. The van der Waals surface area contributed by atoms with Crippen LogP contribution in [0.2, 0.25) is 0 Å². The van der Waals surface area contributed by atoms with Crippen molar-refractivity contribution in [3.63, 3.8) is 0 Å². The molecule has 0 radical (unpaired) electrons. The first-order valence-electron chi connectivity index (χ1n) is 11.9. The number of aromatic nitrogens is 2. The molecule has 5 rings (SSSR count). The molecule has 1 saturated carbocycles. The van der Waals surface area contributed by atoms with E-state index in [9.17, 15) is 4.79 Å². The van der Waals surface area contributed by atoms with Gasteiger partial charge < -0.3 is 14.4 Å². The molecule has 6 nitrogen and oxygen atoms in total. The lowest BCUT2D eigenvalue weighted by Gasteiger charge is -2.39. The molecular formula is C28H33N3O3. The summed E-state index contributed by atoms with van der Waals surface area (Å²) < 4.78 is 12.5. The van der Waals surface area contributed by atoms with Crippen LogP contribution in [0.5, 0.6) is 11.5 Å². The molecule has 34 heavy (non-hydrogen) atoms. The number of rotatable bonds is 5. The third-order valence-corrected chi connectivity index (χ3v) is 7.29. The second-order valence-corrected chi connectivity index (χ2v) is 10.9. The number of hydrogen-bond donors (Lipinski definition) is 0. The van der Waals surface area contributed by atoms with Gasteiger partial charge in [0.1, 0.15) is 17.2 Å². The highest BCUT2D eigenvalue weighted by Gasteiger charge is 2.51. The number of carbonyl (C=O) groups excluding carboxylic acids is 1. The molecule has 2 atom stereocenters. The van der Waals surface area contributed by atoms with E-state index >= 15 is 0 Å². The van der Waals surface area contributed by atoms with Crippen molar-refractivity contribution in [1.82, 2.24) is 14.7 Å². The quantitative estimate of drug-likeness (QED) is 0.499. The number of hydrogen-bond acceptors (Lipinski definition) is 4. The highest BCUT2D eigenvalue weighted by molar-refractivity contribution is 5.95. The Kier molecular flexibility index (Phi) is 5.42. The molecule has 2 heterocycles. The van der Waals surface area contributed by atoms with Crippen LogP contribution >= 0.6 is 0 Å². The fraction of sp³-hybridized carbons (Fsp3) is 0.429. The highest BCUT2D eigenvalue weighted by atomic mass is 16.5. The van der Waals surface area contributed by atoms with Crippen molar-refractivity contribution in [2.24, 2.45) is 10.8 Å². The smallest absolute Gasteiger partial charge is 0.272 e. The van der Waals surface area contributed by atoms with Crippen LogP contribution in [0.3, 0.4) is 0 Å². The molecule has 2 fully saturated rings. The molecule has 1 aliphatic heterocycles. The molecule has 1 aromatic heterocycles. The third-order valence-electron chi connectivity index (χ3n) is 7.29. The molecule has 2 bridgehead atoms. The Hall–Kier alpha value is -3.28. The molecule has 6 heteroatoms. The van der Waals surface area contributed by atoms with Crippen LogP contribution in [-0.2, 0) is 0 Å². The molecule has 2 aliphatic rings. The lowest BCUT2D eigenvalue weighted by Crippen LogP contribution is -2.38. The third kappa shape index (κ3) is 4.06. The maximum absolute atomic E-state index is 14.0. The van der Waals surface area contributed by atoms with E-state index in [1.54, 1.807) is 18.9 Å². The number of fused-ring (bicyclic) bond motifs is 2. The minimum Gasteiger partial charge on any atom is -0.497 e. The minimum atomic E-state index is 0.0453. The first-order chi connectivity index (χ1) is 16.2. The van der Waals surface area contributed by atoms with Crippen LogP contribution in [-0.4, -0.2) is 47.4 Å². The predicted molar refractivity (Wildman–Crippen MR) is 133 cm³/mol. The van der Waals surface area contributed by atoms with Crippen molar-refractivity contribution < 1.29 is 14.3 Å². The Balaban J connectivity index is 1.57. The Morgan fingerprint density at radius 1 is 0.971 bits per heavy atom. The summed E-state index contributed by atoms with van der Waals surface area (Å²) in [5, 5.41) is 4.88. The summed E-state index contributed by atoms with van der Waals surface area (Å²) in [4.78, 5) is 16.1. The van der Waals surface area contributed by atoms with Crippen molar-refractivity contribution in [1.29, 1.82) is 0 Å². The number of likely N-dealkylation sites (tertiary alicyclic amines) is 1. The highest BCUT2D eigenvalue weighted by Crippen LogP contribution is 2.52. The summed E-state index contributed by atoms with van der Waals surface area (Å²) >= 11 is 0. The van der Waals surface area contributed by atoms with Gasteiger partial charge in [0.25, 0.3) is 5.91 Å². The predicted octanol–water partition coefficient (Wildman–Crippen LogP) is 5.60. The van der Waals surface area contributed by atoms with E-state index in [1.807, 2.05) is 54.6 Å². The van der Waals surface area contributed by atoms with Gasteiger partial charge in [-0.05, 0) is 72.6 Å². The van der Waals surface area contributed by atoms with Gasteiger partial charge in [-0.2, -0.15) is 5.10 Å². The minimum absolute atomic E-state index is 0.0453. The van der Waals surface area contributed by atoms with Crippen molar-refractivity contribution in [2.75, 3.05) is 20.8 Å². The standard InChI is InChI=1S/C28H33N3O3/c1-27(2)15-21-16-28(3,17-27)18-30(21)26(32)25-14-24(19-7-6-8-23(13-19)34-5)29-31(25)20-9-11-22(33-4)12-10-20/h6-14,21H,15-18H2,1-5H3/t21-,28+/m1/s1. The van der Waals surface area contributed by atoms with E-state index in [0.29, 0.717) is 5.69 Å². The Labute approximate surface area is 201 Å². The maximum atomic E-state index is 14.0. The first-order valence-corrected chi connectivity index (χ1v) is 11.9. The molecule has 2 aromatic carbocycles. The number of ether oxygens (including phenoxy) is 2. The van der Waals surface area contributed by atoms with Crippen LogP contribution in [0.4, 0.5) is 0 Å². The van der Waals surface area contributed by atoms with Crippen molar-refractivity contribution in [3.05, 3.63) is 60.3 Å².